The number of rotatable bonds is 4. The minimum atomic E-state index is -0.378. The SMILES string of the molecule is Fc1cccnc1COc1cc(-c2cncnc2)c2c(n1)CCCC2. The van der Waals surface area contributed by atoms with Crippen molar-refractivity contribution in [2.45, 2.75) is 32.3 Å². The van der Waals surface area contributed by atoms with Crippen LogP contribution in [0.25, 0.3) is 11.1 Å². The molecule has 0 bridgehead atoms. The van der Waals surface area contributed by atoms with E-state index in [4.69, 9.17) is 4.74 Å². The van der Waals surface area contributed by atoms with E-state index >= 15 is 0 Å². The van der Waals surface area contributed by atoms with Crippen LogP contribution in [0.2, 0.25) is 0 Å². The van der Waals surface area contributed by atoms with E-state index < -0.39 is 0 Å². The first-order chi connectivity index (χ1) is 12.3. The van der Waals surface area contributed by atoms with Crippen molar-refractivity contribution in [1.82, 2.24) is 19.9 Å². The van der Waals surface area contributed by atoms with Gasteiger partial charge < -0.3 is 4.74 Å². The topological polar surface area (TPSA) is 60.8 Å². The summed E-state index contributed by atoms with van der Waals surface area (Å²) in [7, 11) is 0. The molecule has 0 fully saturated rings. The van der Waals surface area contributed by atoms with Gasteiger partial charge in [-0.3, -0.25) is 4.98 Å². The van der Waals surface area contributed by atoms with Gasteiger partial charge in [-0.25, -0.2) is 19.3 Å². The fourth-order valence-electron chi connectivity index (χ4n) is 3.12. The highest BCUT2D eigenvalue weighted by atomic mass is 19.1. The second kappa shape index (κ2) is 6.93. The molecule has 0 unspecified atom stereocenters. The average molecular weight is 336 g/mol. The molecule has 3 heterocycles. The summed E-state index contributed by atoms with van der Waals surface area (Å²) in [6.07, 6.45) is 10.8. The third-order valence-corrected chi connectivity index (χ3v) is 4.34. The second-order valence-corrected chi connectivity index (χ2v) is 5.99. The summed E-state index contributed by atoms with van der Waals surface area (Å²) in [5.41, 5.74) is 4.53. The standard InChI is InChI=1S/C19H17FN4O/c20-16-5-3-7-23-18(16)11-25-19-8-15(13-9-21-12-22-10-13)14-4-1-2-6-17(14)24-19/h3,5,7-10,12H,1-2,4,6,11H2. The molecule has 6 heteroatoms. The molecule has 0 atom stereocenters. The van der Waals surface area contributed by atoms with Crippen LogP contribution in [-0.2, 0) is 19.4 Å². The maximum Gasteiger partial charge on any atom is 0.214 e. The first kappa shape index (κ1) is 15.6. The number of aromatic nitrogens is 4. The molecule has 0 aromatic carbocycles. The predicted octanol–water partition coefficient (Wildman–Crippen LogP) is 3.53. The Bertz CT molecular complexity index is 886. The molecule has 0 N–H and O–H groups in total. The van der Waals surface area contributed by atoms with E-state index in [1.807, 2.05) is 6.07 Å². The van der Waals surface area contributed by atoms with Crippen molar-refractivity contribution >= 4 is 0 Å². The predicted molar refractivity (Wildman–Crippen MR) is 90.4 cm³/mol. The Hall–Kier alpha value is -2.89. The number of hydrogen-bond donors (Lipinski definition) is 0. The molecule has 25 heavy (non-hydrogen) atoms. The number of nitrogens with zero attached hydrogens (tertiary/aromatic N) is 4. The Balaban J connectivity index is 1.68. The lowest BCUT2D eigenvalue weighted by Gasteiger charge is -2.20. The van der Waals surface area contributed by atoms with Crippen molar-refractivity contribution in [2.24, 2.45) is 0 Å². The molecular weight excluding hydrogens is 319 g/mol. The lowest BCUT2D eigenvalue weighted by atomic mass is 9.90. The van der Waals surface area contributed by atoms with Crippen LogP contribution in [-0.4, -0.2) is 19.9 Å². The van der Waals surface area contributed by atoms with E-state index in [0.29, 0.717) is 5.88 Å². The fourth-order valence-corrected chi connectivity index (χ4v) is 3.12. The van der Waals surface area contributed by atoms with E-state index in [1.165, 1.54) is 18.0 Å². The molecule has 126 valence electrons. The van der Waals surface area contributed by atoms with Crippen LogP contribution in [0.1, 0.15) is 29.8 Å². The molecule has 0 amide bonds. The third kappa shape index (κ3) is 3.33. The van der Waals surface area contributed by atoms with Crippen LogP contribution in [0.15, 0.2) is 43.1 Å². The fraction of sp³-hybridized carbons (Fsp3) is 0.263. The summed E-state index contributed by atoms with van der Waals surface area (Å²) in [6, 6.07) is 4.83. The van der Waals surface area contributed by atoms with E-state index in [1.54, 1.807) is 24.7 Å². The molecule has 0 saturated carbocycles. The minimum Gasteiger partial charge on any atom is -0.471 e. The third-order valence-electron chi connectivity index (χ3n) is 4.34. The lowest BCUT2D eigenvalue weighted by molar-refractivity contribution is 0.281. The van der Waals surface area contributed by atoms with Gasteiger partial charge in [-0.15, -0.1) is 0 Å². The van der Waals surface area contributed by atoms with Crippen molar-refractivity contribution in [2.75, 3.05) is 0 Å². The Morgan fingerprint density at radius 3 is 2.80 bits per heavy atom. The number of halogens is 1. The molecule has 3 aromatic heterocycles. The van der Waals surface area contributed by atoms with Crippen molar-refractivity contribution in [1.29, 1.82) is 0 Å². The zero-order chi connectivity index (χ0) is 17.1. The van der Waals surface area contributed by atoms with Gasteiger partial charge in [0.15, 0.2) is 0 Å². The summed E-state index contributed by atoms with van der Waals surface area (Å²) in [5.74, 6) is 0.0988. The largest absolute Gasteiger partial charge is 0.471 e. The highest BCUT2D eigenvalue weighted by Crippen LogP contribution is 2.33. The second-order valence-electron chi connectivity index (χ2n) is 5.99. The Morgan fingerprint density at radius 2 is 1.96 bits per heavy atom. The molecule has 1 aliphatic carbocycles. The van der Waals surface area contributed by atoms with Crippen LogP contribution >= 0.6 is 0 Å². The van der Waals surface area contributed by atoms with Crippen molar-refractivity contribution in [3.63, 3.8) is 0 Å². The molecule has 0 saturated heterocycles. The Kier molecular flexibility index (Phi) is 4.33. The van der Waals surface area contributed by atoms with Gasteiger partial charge in [-0.1, -0.05) is 0 Å². The number of hydrogen-bond acceptors (Lipinski definition) is 5. The quantitative estimate of drug-likeness (QED) is 0.729. The minimum absolute atomic E-state index is 0.0448. The molecule has 4 rings (SSSR count). The molecular formula is C19H17FN4O. The smallest absolute Gasteiger partial charge is 0.214 e. The van der Waals surface area contributed by atoms with Crippen LogP contribution in [0.4, 0.5) is 4.39 Å². The first-order valence-electron chi connectivity index (χ1n) is 8.31. The summed E-state index contributed by atoms with van der Waals surface area (Å²) >= 11 is 0. The highest BCUT2D eigenvalue weighted by Gasteiger charge is 2.18. The first-order valence-corrected chi connectivity index (χ1v) is 8.31. The molecule has 0 radical (unpaired) electrons. The van der Waals surface area contributed by atoms with Gasteiger partial charge in [0, 0.05) is 35.9 Å². The molecule has 1 aliphatic rings. The van der Waals surface area contributed by atoms with Crippen molar-refractivity contribution in [3.8, 4) is 17.0 Å². The van der Waals surface area contributed by atoms with Gasteiger partial charge in [0.05, 0.1) is 0 Å². The average Bonchev–Trinajstić information content (AvgIpc) is 2.67. The van der Waals surface area contributed by atoms with Gasteiger partial charge in [0.25, 0.3) is 0 Å². The number of pyridine rings is 2. The van der Waals surface area contributed by atoms with Gasteiger partial charge >= 0.3 is 0 Å². The summed E-state index contributed by atoms with van der Waals surface area (Å²) < 4.78 is 19.5. The van der Waals surface area contributed by atoms with E-state index in [0.717, 1.165) is 42.5 Å². The zero-order valence-corrected chi connectivity index (χ0v) is 13.7. The van der Waals surface area contributed by atoms with Crippen LogP contribution in [0.3, 0.4) is 0 Å². The maximum atomic E-state index is 13.7. The summed E-state index contributed by atoms with van der Waals surface area (Å²) in [6.45, 7) is 0.0448. The van der Waals surface area contributed by atoms with Crippen LogP contribution in [0.5, 0.6) is 5.88 Å². The van der Waals surface area contributed by atoms with Gasteiger partial charge in [0.2, 0.25) is 5.88 Å². The van der Waals surface area contributed by atoms with Gasteiger partial charge in [0.1, 0.15) is 24.4 Å². The molecule has 0 aliphatic heterocycles. The van der Waals surface area contributed by atoms with Crippen LogP contribution in [0, 0.1) is 5.82 Å². The number of aryl methyl sites for hydroxylation is 1. The Labute approximate surface area is 145 Å². The van der Waals surface area contributed by atoms with Gasteiger partial charge in [-0.2, -0.15) is 0 Å². The normalized spacial score (nSPS) is 13.3. The van der Waals surface area contributed by atoms with E-state index in [-0.39, 0.29) is 18.1 Å². The number of ether oxygens (including phenoxy) is 1. The lowest BCUT2D eigenvalue weighted by Crippen LogP contribution is -2.10. The number of fused-ring (bicyclic) bond motifs is 1. The monoisotopic (exact) mass is 336 g/mol. The highest BCUT2D eigenvalue weighted by molar-refractivity contribution is 5.68. The van der Waals surface area contributed by atoms with Crippen LogP contribution < -0.4 is 4.74 Å². The Morgan fingerprint density at radius 1 is 1.12 bits per heavy atom. The maximum absolute atomic E-state index is 13.7. The van der Waals surface area contributed by atoms with Crippen molar-refractivity contribution in [3.05, 3.63) is 65.9 Å². The zero-order valence-electron chi connectivity index (χ0n) is 13.7. The summed E-state index contributed by atoms with van der Waals surface area (Å²) in [4.78, 5) is 16.9. The molecule has 3 aromatic rings. The van der Waals surface area contributed by atoms with E-state index in [2.05, 4.69) is 19.9 Å². The molecule has 0 spiro atoms. The van der Waals surface area contributed by atoms with Gasteiger partial charge in [-0.05, 0) is 48.9 Å². The summed E-state index contributed by atoms with van der Waals surface area (Å²) in [5, 5.41) is 0. The van der Waals surface area contributed by atoms with E-state index in [9.17, 15) is 4.39 Å². The molecule has 5 nitrogen and oxygen atoms in total. The van der Waals surface area contributed by atoms with Crippen molar-refractivity contribution < 1.29 is 9.13 Å².